The summed E-state index contributed by atoms with van der Waals surface area (Å²) < 4.78 is 5.79. The van der Waals surface area contributed by atoms with Crippen molar-refractivity contribution >= 4 is 17.4 Å². The monoisotopic (exact) mass is 314 g/mol. The van der Waals surface area contributed by atoms with Crippen LogP contribution in [0, 0.1) is 0 Å². The lowest BCUT2D eigenvalue weighted by Crippen LogP contribution is -1.92. The molecule has 0 saturated heterocycles. The number of hydrogen-bond acceptors (Lipinski definition) is 2. The quantitative estimate of drug-likeness (QED) is 0.348. The van der Waals surface area contributed by atoms with Crippen LogP contribution in [0.4, 0.5) is 0 Å². The molecule has 2 nitrogen and oxygen atoms in total. The summed E-state index contributed by atoms with van der Waals surface area (Å²) in [6.07, 6.45) is 0.912. The second-order valence-corrected chi connectivity index (χ2v) is 5.46. The smallest absolute Gasteiger partial charge is 0.150 e. The molecule has 0 aliphatic carbocycles. The maximum atomic E-state index is 11.6. The van der Waals surface area contributed by atoms with Gasteiger partial charge in [-0.3, -0.25) is 4.79 Å². The molecule has 3 aromatic rings. The van der Waals surface area contributed by atoms with Crippen LogP contribution in [0.3, 0.4) is 0 Å². The molecular weight excluding hydrogens is 296 g/mol. The van der Waals surface area contributed by atoms with Gasteiger partial charge in [-0.1, -0.05) is 60.7 Å². The molecule has 0 saturated carbocycles. The van der Waals surface area contributed by atoms with E-state index in [-0.39, 0.29) is 0 Å². The number of ether oxygens (including phenoxy) is 1. The standard InChI is InChI=1S/C22H18O2/c1-17(18-8-4-2-5-9-18)22(16-23)19-12-14-21(15-13-19)24-20-10-6-3-7-11-20/h2-16H,1H3. The Morgan fingerprint density at radius 1 is 0.708 bits per heavy atom. The molecule has 0 bridgehead atoms. The Labute approximate surface area is 142 Å². The van der Waals surface area contributed by atoms with Crippen LogP contribution in [0.1, 0.15) is 18.1 Å². The zero-order valence-corrected chi connectivity index (χ0v) is 13.5. The fourth-order valence-corrected chi connectivity index (χ4v) is 2.54. The molecule has 3 rings (SSSR count). The van der Waals surface area contributed by atoms with Gasteiger partial charge >= 0.3 is 0 Å². The van der Waals surface area contributed by atoms with Crippen molar-refractivity contribution < 1.29 is 9.53 Å². The van der Waals surface area contributed by atoms with E-state index in [1.807, 2.05) is 91.9 Å². The number of carbonyl (C=O) groups excluding carboxylic acids is 1. The fraction of sp³-hybridized carbons (Fsp3) is 0.0455. The molecule has 0 heterocycles. The third-order valence-corrected chi connectivity index (χ3v) is 3.87. The number of carbonyl (C=O) groups is 1. The maximum Gasteiger partial charge on any atom is 0.150 e. The van der Waals surface area contributed by atoms with Crippen molar-refractivity contribution in [1.29, 1.82) is 0 Å². The summed E-state index contributed by atoms with van der Waals surface area (Å²) in [4.78, 5) is 11.6. The summed E-state index contributed by atoms with van der Waals surface area (Å²) in [5, 5.41) is 0. The lowest BCUT2D eigenvalue weighted by atomic mass is 9.97. The van der Waals surface area contributed by atoms with Gasteiger partial charge in [-0.25, -0.2) is 0 Å². The van der Waals surface area contributed by atoms with Gasteiger partial charge in [0.05, 0.1) is 0 Å². The van der Waals surface area contributed by atoms with Gasteiger partial charge in [0.25, 0.3) is 0 Å². The zero-order valence-electron chi connectivity index (χ0n) is 13.5. The average Bonchev–Trinajstić information content (AvgIpc) is 2.65. The highest BCUT2D eigenvalue weighted by Crippen LogP contribution is 2.27. The highest BCUT2D eigenvalue weighted by atomic mass is 16.5. The molecule has 0 radical (unpaired) electrons. The molecule has 0 N–H and O–H groups in total. The molecule has 0 atom stereocenters. The molecule has 0 fully saturated rings. The van der Waals surface area contributed by atoms with E-state index >= 15 is 0 Å². The van der Waals surface area contributed by atoms with Crippen LogP contribution in [0.5, 0.6) is 11.5 Å². The normalized spacial score (nSPS) is 11.5. The predicted molar refractivity (Wildman–Crippen MR) is 98.0 cm³/mol. The maximum absolute atomic E-state index is 11.6. The Kier molecular flexibility index (Phi) is 4.87. The molecule has 0 aromatic heterocycles. The van der Waals surface area contributed by atoms with Crippen LogP contribution in [0.25, 0.3) is 11.1 Å². The highest BCUT2D eigenvalue weighted by Gasteiger charge is 2.07. The second kappa shape index (κ2) is 7.42. The van der Waals surface area contributed by atoms with E-state index < -0.39 is 0 Å². The minimum Gasteiger partial charge on any atom is -0.457 e. The third kappa shape index (κ3) is 3.61. The summed E-state index contributed by atoms with van der Waals surface area (Å²) in [6.45, 7) is 1.97. The number of allylic oxidation sites excluding steroid dienone is 2. The molecule has 24 heavy (non-hydrogen) atoms. The minimum absolute atomic E-state index is 0.687. The van der Waals surface area contributed by atoms with Crippen molar-refractivity contribution in [2.75, 3.05) is 0 Å². The van der Waals surface area contributed by atoms with Gasteiger partial charge in [0.15, 0.2) is 6.29 Å². The first-order chi connectivity index (χ1) is 11.8. The topological polar surface area (TPSA) is 26.3 Å². The first kappa shape index (κ1) is 15.8. The SMILES string of the molecule is CC(=C(C=O)c1ccc(Oc2ccccc2)cc1)c1ccccc1. The Hall–Kier alpha value is -3.13. The first-order valence-electron chi connectivity index (χ1n) is 7.83. The van der Waals surface area contributed by atoms with E-state index in [9.17, 15) is 4.79 Å². The van der Waals surface area contributed by atoms with E-state index in [4.69, 9.17) is 4.74 Å². The van der Waals surface area contributed by atoms with Crippen molar-refractivity contribution in [1.82, 2.24) is 0 Å². The third-order valence-electron chi connectivity index (χ3n) is 3.87. The molecule has 0 aliphatic heterocycles. The summed E-state index contributed by atoms with van der Waals surface area (Å²) in [7, 11) is 0. The number of benzene rings is 3. The zero-order chi connectivity index (χ0) is 16.8. The van der Waals surface area contributed by atoms with Crippen molar-refractivity contribution in [3.8, 4) is 11.5 Å². The number of aldehydes is 1. The van der Waals surface area contributed by atoms with Crippen molar-refractivity contribution in [3.63, 3.8) is 0 Å². The first-order valence-corrected chi connectivity index (χ1v) is 7.83. The van der Waals surface area contributed by atoms with Gasteiger partial charge in [0.2, 0.25) is 0 Å². The molecule has 0 unspecified atom stereocenters. The van der Waals surface area contributed by atoms with Gasteiger partial charge in [-0.15, -0.1) is 0 Å². The van der Waals surface area contributed by atoms with E-state index in [0.717, 1.165) is 34.5 Å². The van der Waals surface area contributed by atoms with Gasteiger partial charge < -0.3 is 4.74 Å². The summed E-state index contributed by atoms with van der Waals surface area (Å²) in [6, 6.07) is 27.1. The van der Waals surface area contributed by atoms with Crippen molar-refractivity contribution in [2.24, 2.45) is 0 Å². The molecule has 118 valence electrons. The summed E-state index contributed by atoms with van der Waals surface area (Å²) in [5.74, 6) is 1.53. The molecule has 0 amide bonds. The Morgan fingerprint density at radius 3 is 1.83 bits per heavy atom. The molecule has 0 aliphatic rings. The number of rotatable bonds is 5. The van der Waals surface area contributed by atoms with Crippen LogP contribution in [0.15, 0.2) is 84.9 Å². The van der Waals surface area contributed by atoms with Crippen LogP contribution in [0.2, 0.25) is 0 Å². The fourth-order valence-electron chi connectivity index (χ4n) is 2.54. The highest BCUT2D eigenvalue weighted by molar-refractivity contribution is 6.16. The van der Waals surface area contributed by atoms with E-state index in [2.05, 4.69) is 0 Å². The van der Waals surface area contributed by atoms with E-state index in [1.54, 1.807) is 0 Å². The number of para-hydroxylation sites is 1. The van der Waals surface area contributed by atoms with E-state index in [1.165, 1.54) is 0 Å². The van der Waals surface area contributed by atoms with Gasteiger partial charge in [-0.05, 0) is 47.9 Å². The van der Waals surface area contributed by atoms with Gasteiger partial charge in [0, 0.05) is 5.57 Å². The molecular formula is C22H18O2. The summed E-state index contributed by atoms with van der Waals surface area (Å²) in [5.41, 5.74) is 3.57. The lowest BCUT2D eigenvalue weighted by Gasteiger charge is -2.09. The van der Waals surface area contributed by atoms with Gasteiger partial charge in [0.1, 0.15) is 11.5 Å². The molecule has 0 spiro atoms. The Bertz CT molecular complexity index is 832. The van der Waals surface area contributed by atoms with Gasteiger partial charge in [-0.2, -0.15) is 0 Å². The Balaban J connectivity index is 1.87. The molecule has 2 heteroatoms. The summed E-state index contributed by atoms with van der Waals surface area (Å²) >= 11 is 0. The van der Waals surface area contributed by atoms with Crippen LogP contribution >= 0.6 is 0 Å². The van der Waals surface area contributed by atoms with Crippen molar-refractivity contribution in [2.45, 2.75) is 6.92 Å². The van der Waals surface area contributed by atoms with Crippen LogP contribution in [-0.4, -0.2) is 6.29 Å². The van der Waals surface area contributed by atoms with Crippen molar-refractivity contribution in [3.05, 3.63) is 96.1 Å². The molecule has 3 aromatic carbocycles. The minimum atomic E-state index is 0.687. The number of hydrogen-bond donors (Lipinski definition) is 0. The second-order valence-electron chi connectivity index (χ2n) is 5.46. The predicted octanol–water partition coefficient (Wildman–Crippen LogP) is 5.61. The van der Waals surface area contributed by atoms with Crippen LogP contribution in [-0.2, 0) is 4.79 Å². The Morgan fingerprint density at radius 2 is 1.25 bits per heavy atom. The van der Waals surface area contributed by atoms with E-state index in [0.29, 0.717) is 5.57 Å². The average molecular weight is 314 g/mol. The van der Waals surface area contributed by atoms with Crippen LogP contribution < -0.4 is 4.74 Å². The largest absolute Gasteiger partial charge is 0.457 e. The lowest BCUT2D eigenvalue weighted by molar-refractivity contribution is -0.103.